The summed E-state index contributed by atoms with van der Waals surface area (Å²) in [6.07, 6.45) is 0. The maximum atomic E-state index is 9.02. The van der Waals surface area contributed by atoms with Crippen molar-refractivity contribution in [3.63, 3.8) is 0 Å². The van der Waals surface area contributed by atoms with Gasteiger partial charge in [0.2, 0.25) is 0 Å². The molecule has 0 heterocycles. The fourth-order valence-electron chi connectivity index (χ4n) is 1.70. The monoisotopic (exact) mass is 216 g/mol. The molecule has 0 amide bonds. The fraction of sp³-hybridized carbons (Fsp3) is 1.00. The summed E-state index contributed by atoms with van der Waals surface area (Å²) in [6.45, 7) is 13.1. The molecule has 0 aromatic heterocycles. The lowest BCUT2D eigenvalue weighted by molar-refractivity contribution is 0.0987. The number of nitrogens with one attached hydrogen (secondary N) is 1. The van der Waals surface area contributed by atoms with Crippen LogP contribution in [0.4, 0.5) is 0 Å². The summed E-state index contributed by atoms with van der Waals surface area (Å²) in [4.78, 5) is 2.33. The number of rotatable bonds is 7. The minimum Gasteiger partial charge on any atom is -0.395 e. The van der Waals surface area contributed by atoms with E-state index in [1.165, 1.54) is 0 Å². The Morgan fingerprint density at radius 3 is 2.13 bits per heavy atom. The van der Waals surface area contributed by atoms with Crippen molar-refractivity contribution in [3.05, 3.63) is 0 Å². The molecule has 0 spiro atoms. The highest BCUT2D eigenvalue weighted by Gasteiger charge is 2.28. The van der Waals surface area contributed by atoms with Crippen LogP contribution < -0.4 is 5.32 Å². The fourth-order valence-corrected chi connectivity index (χ4v) is 1.70. The lowest BCUT2D eigenvalue weighted by Gasteiger charge is -2.38. The van der Waals surface area contributed by atoms with Gasteiger partial charge in [-0.05, 0) is 33.2 Å². The van der Waals surface area contributed by atoms with E-state index in [0.717, 1.165) is 13.1 Å². The van der Waals surface area contributed by atoms with Crippen LogP contribution in [0.5, 0.6) is 0 Å². The van der Waals surface area contributed by atoms with Gasteiger partial charge in [-0.1, -0.05) is 13.8 Å². The van der Waals surface area contributed by atoms with E-state index in [1.807, 2.05) is 7.05 Å². The van der Waals surface area contributed by atoms with Crippen LogP contribution >= 0.6 is 0 Å². The number of aliphatic hydroxyl groups is 1. The van der Waals surface area contributed by atoms with Gasteiger partial charge in [-0.15, -0.1) is 0 Å². The molecule has 0 fully saturated rings. The van der Waals surface area contributed by atoms with Crippen LogP contribution in [0.2, 0.25) is 0 Å². The molecule has 1 unspecified atom stereocenters. The highest BCUT2D eigenvalue weighted by molar-refractivity contribution is 4.83. The molecule has 1 atom stereocenters. The maximum Gasteiger partial charge on any atom is 0.0558 e. The Kier molecular flexibility index (Phi) is 6.41. The number of hydrogen-bond donors (Lipinski definition) is 2. The number of aliphatic hydroxyl groups excluding tert-OH is 1. The first-order valence-electron chi connectivity index (χ1n) is 5.87. The van der Waals surface area contributed by atoms with Crippen LogP contribution in [-0.4, -0.2) is 48.8 Å². The van der Waals surface area contributed by atoms with Gasteiger partial charge < -0.3 is 10.4 Å². The second-order valence-corrected chi connectivity index (χ2v) is 5.29. The van der Waals surface area contributed by atoms with Gasteiger partial charge in [0, 0.05) is 25.2 Å². The minimum absolute atomic E-state index is 0.216. The van der Waals surface area contributed by atoms with E-state index in [1.54, 1.807) is 0 Å². The van der Waals surface area contributed by atoms with E-state index in [0.29, 0.717) is 12.1 Å². The van der Waals surface area contributed by atoms with Crippen LogP contribution in [-0.2, 0) is 0 Å². The van der Waals surface area contributed by atoms with Gasteiger partial charge in [0.25, 0.3) is 0 Å². The van der Waals surface area contributed by atoms with Gasteiger partial charge in [-0.2, -0.15) is 0 Å². The molecule has 2 N–H and O–H groups in total. The number of hydrogen-bond acceptors (Lipinski definition) is 3. The van der Waals surface area contributed by atoms with Crippen molar-refractivity contribution in [2.75, 3.05) is 26.7 Å². The second-order valence-electron chi connectivity index (χ2n) is 5.29. The molecular formula is C12H28N2O. The quantitative estimate of drug-likeness (QED) is 0.674. The molecule has 0 saturated heterocycles. The third kappa shape index (κ3) is 4.96. The van der Waals surface area contributed by atoms with Gasteiger partial charge in [0.05, 0.1) is 6.61 Å². The Morgan fingerprint density at radius 1 is 1.27 bits per heavy atom. The molecule has 0 aromatic rings. The summed E-state index contributed by atoms with van der Waals surface area (Å²) in [6, 6.07) is 0.956. The van der Waals surface area contributed by atoms with E-state index in [4.69, 9.17) is 5.11 Å². The Labute approximate surface area is 94.9 Å². The van der Waals surface area contributed by atoms with E-state index < -0.39 is 0 Å². The van der Waals surface area contributed by atoms with Crippen molar-refractivity contribution in [2.45, 2.75) is 46.7 Å². The average molecular weight is 216 g/mol. The SMILES string of the molecule is CNC(C)C(C)(C)CN(CCO)C(C)C. The van der Waals surface area contributed by atoms with Crippen molar-refractivity contribution in [1.29, 1.82) is 0 Å². The summed E-state index contributed by atoms with van der Waals surface area (Å²) in [5.74, 6) is 0. The van der Waals surface area contributed by atoms with Crippen molar-refractivity contribution >= 4 is 0 Å². The first-order valence-corrected chi connectivity index (χ1v) is 5.87. The molecule has 92 valence electrons. The van der Waals surface area contributed by atoms with Gasteiger partial charge in [-0.25, -0.2) is 0 Å². The lowest BCUT2D eigenvalue weighted by Crippen LogP contribution is -2.48. The predicted octanol–water partition coefficient (Wildman–Crippen LogP) is 1.32. The van der Waals surface area contributed by atoms with Crippen molar-refractivity contribution in [2.24, 2.45) is 5.41 Å². The van der Waals surface area contributed by atoms with Gasteiger partial charge >= 0.3 is 0 Å². The van der Waals surface area contributed by atoms with E-state index in [-0.39, 0.29) is 12.0 Å². The summed E-state index contributed by atoms with van der Waals surface area (Å²) in [5, 5.41) is 12.3. The largest absolute Gasteiger partial charge is 0.395 e. The topological polar surface area (TPSA) is 35.5 Å². The standard InChI is InChI=1S/C12H28N2O/c1-10(2)14(7-8-15)9-12(4,5)11(3)13-6/h10-11,13,15H,7-9H2,1-6H3. The zero-order valence-corrected chi connectivity index (χ0v) is 11.2. The van der Waals surface area contributed by atoms with Crippen molar-refractivity contribution in [1.82, 2.24) is 10.2 Å². The third-order valence-electron chi connectivity index (χ3n) is 3.33. The maximum absolute atomic E-state index is 9.02. The molecule has 0 aromatic carbocycles. The van der Waals surface area contributed by atoms with Gasteiger partial charge in [0.1, 0.15) is 0 Å². The Hall–Kier alpha value is -0.120. The molecule has 0 aliphatic rings. The van der Waals surface area contributed by atoms with E-state index in [9.17, 15) is 0 Å². The van der Waals surface area contributed by atoms with Crippen LogP contribution in [0.25, 0.3) is 0 Å². The summed E-state index contributed by atoms with van der Waals surface area (Å²) in [7, 11) is 2.00. The Bertz CT molecular complexity index is 169. The van der Waals surface area contributed by atoms with E-state index >= 15 is 0 Å². The molecule has 0 saturated carbocycles. The molecule has 3 heteroatoms. The van der Waals surface area contributed by atoms with Crippen LogP contribution in [0.15, 0.2) is 0 Å². The Morgan fingerprint density at radius 2 is 1.80 bits per heavy atom. The smallest absolute Gasteiger partial charge is 0.0558 e. The molecule has 0 rings (SSSR count). The number of nitrogens with zero attached hydrogens (tertiary/aromatic N) is 1. The first-order chi connectivity index (χ1) is 6.85. The zero-order chi connectivity index (χ0) is 12.1. The first kappa shape index (κ1) is 14.9. The summed E-state index contributed by atoms with van der Waals surface area (Å²) < 4.78 is 0. The lowest BCUT2D eigenvalue weighted by atomic mass is 9.84. The minimum atomic E-state index is 0.216. The molecule has 0 aliphatic carbocycles. The van der Waals surface area contributed by atoms with E-state index in [2.05, 4.69) is 44.8 Å². The van der Waals surface area contributed by atoms with Crippen LogP contribution in [0, 0.1) is 5.41 Å². The summed E-state index contributed by atoms with van der Waals surface area (Å²) in [5.41, 5.74) is 0.216. The highest BCUT2D eigenvalue weighted by Crippen LogP contribution is 2.22. The molecule has 15 heavy (non-hydrogen) atoms. The van der Waals surface area contributed by atoms with Crippen molar-refractivity contribution < 1.29 is 5.11 Å². The van der Waals surface area contributed by atoms with Crippen LogP contribution in [0.1, 0.15) is 34.6 Å². The predicted molar refractivity (Wildman–Crippen MR) is 66.1 cm³/mol. The molecule has 0 bridgehead atoms. The summed E-state index contributed by atoms with van der Waals surface area (Å²) >= 11 is 0. The van der Waals surface area contributed by atoms with Crippen LogP contribution in [0.3, 0.4) is 0 Å². The second kappa shape index (κ2) is 6.46. The molecule has 3 nitrogen and oxygen atoms in total. The highest BCUT2D eigenvalue weighted by atomic mass is 16.3. The van der Waals surface area contributed by atoms with Gasteiger partial charge in [-0.3, -0.25) is 4.90 Å². The molecular weight excluding hydrogens is 188 g/mol. The third-order valence-corrected chi connectivity index (χ3v) is 3.33. The normalized spacial score (nSPS) is 15.0. The molecule has 0 aliphatic heterocycles. The van der Waals surface area contributed by atoms with Crippen molar-refractivity contribution in [3.8, 4) is 0 Å². The average Bonchev–Trinajstić information content (AvgIpc) is 2.15. The zero-order valence-electron chi connectivity index (χ0n) is 11.2. The molecule has 0 radical (unpaired) electrons. The Balaban J connectivity index is 4.37. The van der Waals surface area contributed by atoms with Gasteiger partial charge in [0.15, 0.2) is 0 Å².